The highest BCUT2D eigenvalue weighted by atomic mass is 32.2. The predicted molar refractivity (Wildman–Crippen MR) is 201 cm³/mol. The molecule has 8 N–H and O–H groups in total. The van der Waals surface area contributed by atoms with Crippen molar-refractivity contribution in [3.05, 3.63) is 42.5 Å². The van der Waals surface area contributed by atoms with Gasteiger partial charge in [0.15, 0.2) is 22.8 Å². The minimum Gasteiger partial charge on any atom is -0.790 e. The van der Waals surface area contributed by atoms with Crippen molar-refractivity contribution in [2.45, 2.75) is 63.3 Å². The number of nitrogens with zero attached hydrogens (tertiary/aromatic N) is 4. The highest BCUT2D eigenvalue weighted by molar-refractivity contribution is 8.13. The van der Waals surface area contributed by atoms with E-state index in [0.29, 0.717) is 0 Å². The van der Waals surface area contributed by atoms with Crippen molar-refractivity contribution < 1.29 is 90.4 Å². The van der Waals surface area contributed by atoms with E-state index in [2.05, 4.69) is 43.5 Å². The number of para-hydroxylation sites is 1. The molecule has 1 fully saturated rings. The van der Waals surface area contributed by atoms with Crippen LogP contribution in [-0.2, 0) is 55.5 Å². The van der Waals surface area contributed by atoms with Gasteiger partial charge in [0.05, 0.1) is 27.4 Å². The molecule has 0 spiro atoms. The number of carbonyl (C=O) groups excluding carboxylic acids is 4. The third kappa shape index (κ3) is 14.3. The smallest absolute Gasteiger partial charge is 0.274 e. The number of nitrogens with one attached hydrogen (secondary N) is 2. The number of fused-ring (bicyclic) bond motifs is 1. The van der Waals surface area contributed by atoms with Crippen LogP contribution in [0.5, 0.6) is 0 Å². The molecule has 62 heavy (non-hydrogen) atoms. The number of hydrogen-bond donors (Lipinski definition) is 6. The van der Waals surface area contributed by atoms with Gasteiger partial charge < -0.3 is 84.7 Å². The van der Waals surface area contributed by atoms with Gasteiger partial charge in [0.25, 0.3) is 15.6 Å². The van der Waals surface area contributed by atoms with Crippen LogP contribution in [0.15, 0.2) is 36.9 Å². The number of carbonyl (C=O) groups is 4. The molecule has 0 aliphatic carbocycles. The number of carboxylic acid groups (broad SMARTS) is 1. The molecule has 3 aromatic rings. The number of amides is 2. The molecule has 3 heterocycles. The molecule has 2 aromatic heterocycles. The van der Waals surface area contributed by atoms with Crippen LogP contribution < -0.4 is 46.8 Å². The van der Waals surface area contributed by atoms with Gasteiger partial charge in [-0.2, -0.15) is 0 Å². The second kappa shape index (κ2) is 21.2. The zero-order chi connectivity index (χ0) is 46.2. The molecule has 344 valence electrons. The second-order valence-corrected chi connectivity index (χ2v) is 19.1. The Morgan fingerprint density at radius 3 is 2.35 bits per heavy atom. The van der Waals surface area contributed by atoms with Crippen LogP contribution in [-0.4, -0.2) is 109 Å². The third-order valence-corrected chi connectivity index (χ3v) is 12.7. The molecular weight excluding hydrogens is 913 g/mol. The zero-order valence-corrected chi connectivity index (χ0v) is 35.9. The van der Waals surface area contributed by atoms with Crippen molar-refractivity contribution in [2.75, 3.05) is 43.5 Å². The molecule has 1 aromatic carbocycles. The van der Waals surface area contributed by atoms with Crippen LogP contribution in [0.25, 0.3) is 11.2 Å². The Balaban J connectivity index is 1.20. The summed E-state index contributed by atoms with van der Waals surface area (Å²) < 4.78 is 60.5. The Morgan fingerprint density at radius 2 is 1.69 bits per heavy atom. The third-order valence-electron chi connectivity index (χ3n) is 8.77. The van der Waals surface area contributed by atoms with Crippen LogP contribution in [0.3, 0.4) is 0 Å². The van der Waals surface area contributed by atoms with E-state index in [9.17, 15) is 67.8 Å². The van der Waals surface area contributed by atoms with Gasteiger partial charge in [-0.3, -0.25) is 28.1 Å². The van der Waals surface area contributed by atoms with E-state index in [1.807, 2.05) is 0 Å². The molecule has 8 atom stereocenters. The van der Waals surface area contributed by atoms with Gasteiger partial charge in [0.2, 0.25) is 11.8 Å². The standard InChI is InChI=1S/C31H45N8O19P3S/c1-31(2,25(43)28(44)35-8-7-20(40)34-9-10-62-21(41)11-17(30(45)46)16-5-3-4-6-18(16)32)13-55-61(52,53)58-60(50,51)54-12-19-24(57-59(47,48)49)23(42)29(56-19)39-15-38-22-26(33)36-14-37-27(22)39/h3-6,14-15,17,19,23-25,29,42-43H,7-13,32H2,1-2H3,(H,34,40)(H,35,44)(H,45,46)(H,50,51)(H,52,53)(H2,33,36,37)(H2,47,48,49)/p-5/t17?,19-,23-,24-,25+,29-/m1/s1. The lowest BCUT2D eigenvalue weighted by molar-refractivity contribution is -0.347. The molecule has 27 nitrogen and oxygen atoms in total. The molecule has 31 heteroatoms. The summed E-state index contributed by atoms with van der Waals surface area (Å²) in [6, 6.07) is 6.14. The van der Waals surface area contributed by atoms with Crippen LogP contribution >= 0.6 is 35.2 Å². The van der Waals surface area contributed by atoms with Gasteiger partial charge in [-0.25, -0.2) is 19.3 Å². The first kappa shape index (κ1) is 50.7. The summed E-state index contributed by atoms with van der Waals surface area (Å²) in [4.78, 5) is 108. The van der Waals surface area contributed by atoms with Crippen molar-refractivity contribution in [1.82, 2.24) is 30.2 Å². The number of benzene rings is 1. The summed E-state index contributed by atoms with van der Waals surface area (Å²) in [5.74, 6) is -4.41. The van der Waals surface area contributed by atoms with Crippen molar-refractivity contribution in [3.63, 3.8) is 0 Å². The summed E-state index contributed by atoms with van der Waals surface area (Å²) in [5.41, 5.74) is 10.2. The molecule has 1 aliphatic rings. The molecule has 0 bridgehead atoms. The van der Waals surface area contributed by atoms with E-state index >= 15 is 0 Å². The highest BCUT2D eigenvalue weighted by Crippen LogP contribution is 2.56. The second-order valence-electron chi connectivity index (χ2n) is 13.9. The van der Waals surface area contributed by atoms with Crippen LogP contribution in [0, 0.1) is 5.41 Å². The largest absolute Gasteiger partial charge is 0.790 e. The lowest BCUT2D eigenvalue weighted by Crippen LogP contribution is -2.46. The summed E-state index contributed by atoms with van der Waals surface area (Å²) in [7, 11) is -17.7. The minimum absolute atomic E-state index is 0.00638. The predicted octanol–water partition coefficient (Wildman–Crippen LogP) is -4.36. The number of nitrogen functional groups attached to an aromatic ring is 2. The number of nitrogens with two attached hydrogens (primary N) is 2. The maximum Gasteiger partial charge on any atom is 0.274 e. The molecule has 4 rings (SSSR count). The fourth-order valence-electron chi connectivity index (χ4n) is 5.65. The van der Waals surface area contributed by atoms with E-state index in [1.165, 1.54) is 12.1 Å². The number of phosphoric ester groups is 3. The quantitative estimate of drug-likeness (QED) is 0.0297. The fraction of sp³-hybridized carbons (Fsp3) is 0.516. The zero-order valence-electron chi connectivity index (χ0n) is 32.4. The monoisotopic (exact) mass is 953 g/mol. The number of rotatable bonds is 23. The molecule has 2 amide bonds. The molecule has 1 saturated heterocycles. The van der Waals surface area contributed by atoms with E-state index in [1.54, 1.807) is 12.1 Å². The van der Waals surface area contributed by atoms with Crippen LogP contribution in [0.4, 0.5) is 11.5 Å². The number of aliphatic hydroxyl groups is 2. The molecule has 3 unspecified atom stereocenters. The lowest BCUT2D eigenvalue weighted by Gasteiger charge is -2.36. The number of aliphatic carboxylic acids is 1. The normalized spacial score (nSPS) is 21.1. The summed E-state index contributed by atoms with van der Waals surface area (Å²) in [5, 5.41) is 37.2. The van der Waals surface area contributed by atoms with Gasteiger partial charge in [0.1, 0.15) is 36.3 Å². The topological polar surface area (TPSA) is 441 Å². The number of thioether (sulfide) groups is 1. The van der Waals surface area contributed by atoms with Gasteiger partial charge >= 0.3 is 0 Å². The fourth-order valence-corrected chi connectivity index (χ4v) is 9.10. The maximum absolute atomic E-state index is 12.6. The molecule has 0 radical (unpaired) electrons. The first-order valence-corrected chi connectivity index (χ1v) is 23.2. The van der Waals surface area contributed by atoms with E-state index in [-0.39, 0.29) is 53.5 Å². The van der Waals surface area contributed by atoms with Gasteiger partial charge in [0, 0.05) is 54.7 Å². The van der Waals surface area contributed by atoms with E-state index in [0.717, 1.165) is 42.8 Å². The van der Waals surface area contributed by atoms with Gasteiger partial charge in [-0.05, 0) is 11.6 Å². The van der Waals surface area contributed by atoms with Crippen molar-refractivity contribution >= 4 is 80.8 Å². The van der Waals surface area contributed by atoms with Crippen molar-refractivity contribution in [3.8, 4) is 0 Å². The number of ether oxygens (including phenoxy) is 1. The summed E-state index contributed by atoms with van der Waals surface area (Å²) >= 11 is 0.773. The Kier molecular flexibility index (Phi) is 17.3. The Morgan fingerprint density at radius 1 is 1.02 bits per heavy atom. The SMILES string of the molecule is CC(C)(COP(=O)([O-])OP(=O)([O-])OC[C@H]1O[C@@H](n2cnc3c(N)ncnc32)[C@H](O)[C@@H]1OP(=O)([O-])[O-])[C@@H](O)C(=O)NCCC(=O)NCCSC(=O)CC(C(=O)[O-])c1ccccc1N. The molecular formula is C31H40N8O19P3S-5. The number of aliphatic hydroxyl groups excluding tert-OH is 2. The average molecular weight is 954 g/mol. The summed E-state index contributed by atoms with van der Waals surface area (Å²) in [6.07, 6.45) is -8.27. The number of hydrogen-bond acceptors (Lipinski definition) is 25. The lowest BCUT2D eigenvalue weighted by atomic mass is 9.87. The van der Waals surface area contributed by atoms with Crippen LogP contribution in [0.2, 0.25) is 0 Å². The Hall–Kier alpha value is -3.95. The van der Waals surface area contributed by atoms with Crippen molar-refractivity contribution in [2.24, 2.45) is 5.41 Å². The minimum atomic E-state index is -5.95. The number of carboxylic acids is 1. The first-order chi connectivity index (χ1) is 28.8. The Bertz CT molecular complexity index is 2250. The Labute approximate surface area is 355 Å². The van der Waals surface area contributed by atoms with E-state index < -0.39 is 108 Å². The first-order valence-electron chi connectivity index (χ1n) is 17.8. The molecule has 1 aliphatic heterocycles. The number of anilines is 2. The number of aromatic nitrogens is 4. The van der Waals surface area contributed by atoms with E-state index in [4.69, 9.17) is 16.2 Å². The summed E-state index contributed by atoms with van der Waals surface area (Å²) in [6.45, 7) is -0.335. The van der Waals surface area contributed by atoms with Crippen LogP contribution in [0.1, 0.15) is 44.4 Å². The highest BCUT2D eigenvalue weighted by Gasteiger charge is 2.47. The maximum atomic E-state index is 12.6. The number of imidazole rings is 1. The molecule has 0 saturated carbocycles. The number of phosphoric acid groups is 3. The van der Waals surface area contributed by atoms with Crippen molar-refractivity contribution in [1.29, 1.82) is 0 Å². The van der Waals surface area contributed by atoms with Gasteiger partial charge in [-0.1, -0.05) is 43.8 Å². The average Bonchev–Trinajstić information content (AvgIpc) is 3.73. The van der Waals surface area contributed by atoms with Gasteiger partial charge in [-0.15, -0.1) is 0 Å².